The molecule has 0 aromatic heterocycles. The van der Waals surface area contributed by atoms with Crippen molar-refractivity contribution in [2.45, 2.75) is 46.0 Å². The molecule has 5 heteroatoms. The van der Waals surface area contributed by atoms with Crippen LogP contribution in [-0.2, 0) is 14.4 Å². The summed E-state index contributed by atoms with van der Waals surface area (Å²) in [4.78, 5) is 28.2. The zero-order valence-corrected chi connectivity index (χ0v) is 9.81. The summed E-state index contributed by atoms with van der Waals surface area (Å²) in [5.74, 6) is -1.26. The molecule has 0 spiro atoms. The van der Waals surface area contributed by atoms with Gasteiger partial charge in [-0.25, -0.2) is 0 Å². The number of hydrogen-bond donors (Lipinski definition) is 2. The van der Waals surface area contributed by atoms with Gasteiger partial charge in [0.1, 0.15) is 6.29 Å². The Kier molecular flexibility index (Phi) is 12.4. The smallest absolute Gasteiger partial charge is 0.300 e. The van der Waals surface area contributed by atoms with Crippen molar-refractivity contribution in [2.75, 3.05) is 0 Å². The lowest BCUT2D eigenvalue weighted by Gasteiger charge is -2.14. The number of rotatable bonds is 1. The minimum atomic E-state index is -0.833. The molecule has 0 unspecified atom stereocenters. The zero-order valence-electron chi connectivity index (χ0n) is 9.81. The molecule has 0 aromatic carbocycles. The Balaban J connectivity index is 0. The van der Waals surface area contributed by atoms with Gasteiger partial charge in [0.25, 0.3) is 11.9 Å². The van der Waals surface area contributed by atoms with E-state index in [-0.39, 0.29) is 0 Å². The number of carboxylic acid groups (broad SMARTS) is 2. The Labute approximate surface area is 95.5 Å². The highest BCUT2D eigenvalue weighted by atomic mass is 16.4. The summed E-state index contributed by atoms with van der Waals surface area (Å²) in [6.45, 7) is 2.17. The van der Waals surface area contributed by atoms with Crippen LogP contribution in [0.5, 0.6) is 0 Å². The van der Waals surface area contributed by atoms with Crippen LogP contribution < -0.4 is 0 Å². The van der Waals surface area contributed by atoms with Gasteiger partial charge in [0.15, 0.2) is 0 Å². The van der Waals surface area contributed by atoms with Crippen molar-refractivity contribution >= 4 is 18.2 Å². The van der Waals surface area contributed by atoms with Crippen LogP contribution in [0.2, 0.25) is 0 Å². The van der Waals surface area contributed by atoms with E-state index < -0.39 is 11.9 Å². The minimum absolute atomic E-state index is 0.406. The first-order chi connectivity index (χ1) is 7.40. The standard InChI is InChI=1S/C7H12O.2C2H4O2/c8-6-7-4-2-1-3-5-7;2*1-2(3)4/h6-7H,1-5H2;2*1H3,(H,3,4). The molecule has 0 amide bonds. The lowest BCUT2D eigenvalue weighted by Crippen LogP contribution is -2.06. The van der Waals surface area contributed by atoms with Crippen molar-refractivity contribution in [3.05, 3.63) is 0 Å². The first-order valence-corrected chi connectivity index (χ1v) is 5.24. The molecule has 5 nitrogen and oxygen atoms in total. The normalized spacial score (nSPS) is 14.6. The molecule has 0 heterocycles. The van der Waals surface area contributed by atoms with E-state index in [1.54, 1.807) is 0 Å². The van der Waals surface area contributed by atoms with Crippen molar-refractivity contribution in [2.24, 2.45) is 5.92 Å². The second-order valence-corrected chi connectivity index (χ2v) is 3.57. The van der Waals surface area contributed by atoms with Crippen molar-refractivity contribution in [3.8, 4) is 0 Å². The summed E-state index contributed by atoms with van der Waals surface area (Å²) < 4.78 is 0. The molecule has 1 aliphatic carbocycles. The van der Waals surface area contributed by atoms with Crippen LogP contribution in [0.4, 0.5) is 0 Å². The van der Waals surface area contributed by atoms with Crippen molar-refractivity contribution in [1.29, 1.82) is 0 Å². The number of hydrogen-bond acceptors (Lipinski definition) is 3. The van der Waals surface area contributed by atoms with Crippen LogP contribution in [0, 0.1) is 5.92 Å². The number of aldehydes is 1. The van der Waals surface area contributed by atoms with E-state index in [4.69, 9.17) is 19.8 Å². The quantitative estimate of drug-likeness (QED) is 0.674. The Morgan fingerprint density at radius 3 is 1.50 bits per heavy atom. The molecule has 0 radical (unpaired) electrons. The first-order valence-electron chi connectivity index (χ1n) is 5.24. The highest BCUT2D eigenvalue weighted by molar-refractivity contribution is 5.63. The topological polar surface area (TPSA) is 91.7 Å². The van der Waals surface area contributed by atoms with Crippen LogP contribution in [0.25, 0.3) is 0 Å². The van der Waals surface area contributed by atoms with Crippen LogP contribution in [0.3, 0.4) is 0 Å². The number of carbonyl (C=O) groups excluding carboxylic acids is 1. The summed E-state index contributed by atoms with van der Waals surface area (Å²) >= 11 is 0. The summed E-state index contributed by atoms with van der Waals surface area (Å²) in [5, 5.41) is 14.8. The highest BCUT2D eigenvalue weighted by Crippen LogP contribution is 2.21. The van der Waals surface area contributed by atoms with Gasteiger partial charge in [0, 0.05) is 19.8 Å². The number of carboxylic acids is 2. The van der Waals surface area contributed by atoms with Crippen LogP contribution in [0.1, 0.15) is 46.0 Å². The molecule has 2 N–H and O–H groups in total. The molecule has 1 saturated carbocycles. The van der Waals surface area contributed by atoms with Gasteiger partial charge in [0.2, 0.25) is 0 Å². The number of carbonyl (C=O) groups is 3. The van der Waals surface area contributed by atoms with Crippen molar-refractivity contribution in [3.63, 3.8) is 0 Å². The Morgan fingerprint density at radius 1 is 1.00 bits per heavy atom. The van der Waals surface area contributed by atoms with E-state index in [0.29, 0.717) is 5.92 Å². The van der Waals surface area contributed by atoms with E-state index in [1.165, 1.54) is 19.3 Å². The Hall–Kier alpha value is -1.39. The maximum Gasteiger partial charge on any atom is 0.300 e. The molecule has 0 aromatic rings. The van der Waals surface area contributed by atoms with Crippen molar-refractivity contribution in [1.82, 2.24) is 0 Å². The molecule has 16 heavy (non-hydrogen) atoms. The highest BCUT2D eigenvalue weighted by Gasteiger charge is 2.10. The van der Waals surface area contributed by atoms with Gasteiger partial charge in [0.05, 0.1) is 0 Å². The van der Waals surface area contributed by atoms with Gasteiger partial charge >= 0.3 is 0 Å². The van der Waals surface area contributed by atoms with E-state index in [0.717, 1.165) is 33.0 Å². The summed E-state index contributed by atoms with van der Waals surface area (Å²) in [6.07, 6.45) is 7.27. The lowest BCUT2D eigenvalue weighted by atomic mass is 9.91. The van der Waals surface area contributed by atoms with Gasteiger partial charge in [-0.3, -0.25) is 9.59 Å². The molecule has 0 saturated heterocycles. The molecule has 0 aliphatic heterocycles. The fourth-order valence-corrected chi connectivity index (χ4v) is 1.27. The monoisotopic (exact) mass is 232 g/mol. The average molecular weight is 232 g/mol. The largest absolute Gasteiger partial charge is 0.481 e. The van der Waals surface area contributed by atoms with Gasteiger partial charge in [-0.1, -0.05) is 19.3 Å². The van der Waals surface area contributed by atoms with Crippen molar-refractivity contribution < 1.29 is 24.6 Å². The SMILES string of the molecule is CC(=O)O.CC(=O)O.O=CC1CCCCC1. The predicted molar refractivity (Wildman–Crippen MR) is 59.3 cm³/mol. The third-order valence-corrected chi connectivity index (χ3v) is 1.84. The van der Waals surface area contributed by atoms with Crippen LogP contribution in [0.15, 0.2) is 0 Å². The van der Waals surface area contributed by atoms with E-state index >= 15 is 0 Å². The minimum Gasteiger partial charge on any atom is -0.481 e. The maximum absolute atomic E-state index is 10.2. The zero-order chi connectivity index (χ0) is 13.0. The fraction of sp³-hybridized carbons (Fsp3) is 0.727. The van der Waals surface area contributed by atoms with E-state index in [2.05, 4.69) is 0 Å². The summed E-state index contributed by atoms with van der Waals surface area (Å²) in [7, 11) is 0. The number of aliphatic carboxylic acids is 2. The molecule has 1 fully saturated rings. The predicted octanol–water partition coefficient (Wildman–Crippen LogP) is 1.95. The van der Waals surface area contributed by atoms with Gasteiger partial charge < -0.3 is 15.0 Å². The second-order valence-electron chi connectivity index (χ2n) is 3.57. The molecular formula is C11H20O5. The average Bonchev–Trinajstić information content (AvgIpc) is 2.17. The van der Waals surface area contributed by atoms with Crippen LogP contribution >= 0.6 is 0 Å². The Bertz CT molecular complexity index is 186. The molecule has 94 valence electrons. The molecule has 1 aliphatic rings. The molecule has 0 atom stereocenters. The Morgan fingerprint density at radius 2 is 1.31 bits per heavy atom. The van der Waals surface area contributed by atoms with Gasteiger partial charge in [-0.2, -0.15) is 0 Å². The molecular weight excluding hydrogens is 212 g/mol. The maximum atomic E-state index is 10.2. The molecule has 1 rings (SSSR count). The second kappa shape index (κ2) is 11.7. The third kappa shape index (κ3) is 22.9. The van der Waals surface area contributed by atoms with E-state index in [1.807, 2.05) is 0 Å². The first kappa shape index (κ1) is 17.0. The fourth-order valence-electron chi connectivity index (χ4n) is 1.27. The third-order valence-electron chi connectivity index (χ3n) is 1.84. The van der Waals surface area contributed by atoms with Gasteiger partial charge in [-0.05, 0) is 12.8 Å². The summed E-state index contributed by atoms with van der Waals surface area (Å²) in [5.41, 5.74) is 0. The van der Waals surface area contributed by atoms with E-state index in [9.17, 15) is 4.79 Å². The lowest BCUT2D eigenvalue weighted by molar-refractivity contribution is -0.135. The van der Waals surface area contributed by atoms with Crippen LogP contribution in [-0.4, -0.2) is 28.4 Å². The summed E-state index contributed by atoms with van der Waals surface area (Å²) in [6, 6.07) is 0. The molecule has 0 bridgehead atoms. The van der Waals surface area contributed by atoms with Gasteiger partial charge in [-0.15, -0.1) is 0 Å².